The number of nitrogens with zero attached hydrogens (tertiary/aromatic N) is 2. The van der Waals surface area contributed by atoms with Crippen molar-refractivity contribution >= 4 is 15.9 Å². The number of hydrogen-bond acceptors (Lipinski definition) is 3. The Balaban J connectivity index is 2.25. The molecule has 0 spiro atoms. The molecule has 0 fully saturated rings. The number of ether oxygens (including phenoxy) is 1. The summed E-state index contributed by atoms with van der Waals surface area (Å²) < 4.78 is 8.77. The predicted octanol–water partition coefficient (Wildman–Crippen LogP) is 3.39. The molecule has 2 rings (SSSR count). The third-order valence-corrected chi connectivity index (χ3v) is 3.40. The Hall–Kier alpha value is -1.33. The van der Waals surface area contributed by atoms with E-state index in [0.717, 1.165) is 40.4 Å². The molecule has 0 bridgehead atoms. The van der Waals surface area contributed by atoms with Gasteiger partial charge in [-0.3, -0.25) is 0 Å². The van der Waals surface area contributed by atoms with Gasteiger partial charge in [0.15, 0.2) is 0 Å². The zero-order valence-electron chi connectivity index (χ0n) is 11.4. The maximum absolute atomic E-state index is 5.95. The lowest BCUT2D eigenvalue weighted by Crippen LogP contribution is -2.12. The number of aryl methyl sites for hydroxylation is 2. The van der Waals surface area contributed by atoms with Crippen LogP contribution in [0.4, 0.5) is 0 Å². The molecule has 0 radical (unpaired) electrons. The van der Waals surface area contributed by atoms with Gasteiger partial charge in [0.1, 0.15) is 5.75 Å². The molecular weight excluding hydrogens is 306 g/mol. The third kappa shape index (κ3) is 3.36. The minimum Gasteiger partial charge on any atom is -0.439 e. The summed E-state index contributed by atoms with van der Waals surface area (Å²) in [6.07, 6.45) is 0. The van der Waals surface area contributed by atoms with Gasteiger partial charge in [-0.05, 0) is 37.7 Å². The minimum absolute atomic E-state index is 0.766. The Morgan fingerprint density at radius 3 is 2.63 bits per heavy atom. The molecule has 1 N–H and O–H groups in total. The normalized spacial score (nSPS) is 10.7. The maximum atomic E-state index is 5.95. The average Bonchev–Trinajstić information content (AvgIpc) is 2.65. The highest BCUT2D eigenvalue weighted by Gasteiger charge is 2.14. The Labute approximate surface area is 121 Å². The molecule has 1 aromatic carbocycles. The Kier molecular flexibility index (Phi) is 4.61. The number of halogens is 1. The van der Waals surface area contributed by atoms with Crippen molar-refractivity contribution in [2.45, 2.75) is 20.4 Å². The summed E-state index contributed by atoms with van der Waals surface area (Å²) >= 11 is 3.42. The van der Waals surface area contributed by atoms with Crippen LogP contribution in [-0.4, -0.2) is 16.3 Å². The van der Waals surface area contributed by atoms with Gasteiger partial charge in [0, 0.05) is 18.1 Å². The number of hydrogen-bond donors (Lipinski definition) is 1. The number of rotatable bonds is 5. The molecule has 4 nitrogen and oxygen atoms in total. The van der Waals surface area contributed by atoms with E-state index < -0.39 is 0 Å². The third-order valence-electron chi connectivity index (χ3n) is 2.87. The van der Waals surface area contributed by atoms with Crippen molar-refractivity contribution in [3.63, 3.8) is 0 Å². The molecule has 0 aliphatic rings. The lowest BCUT2D eigenvalue weighted by Gasteiger charge is -2.09. The van der Waals surface area contributed by atoms with E-state index in [1.807, 2.05) is 38.2 Å². The lowest BCUT2D eigenvalue weighted by atomic mass is 10.2. The lowest BCUT2D eigenvalue weighted by molar-refractivity contribution is 0.424. The minimum atomic E-state index is 0.766. The van der Waals surface area contributed by atoms with Crippen molar-refractivity contribution in [2.24, 2.45) is 7.05 Å². The summed E-state index contributed by atoms with van der Waals surface area (Å²) in [4.78, 5) is 0. The van der Waals surface area contributed by atoms with Crippen LogP contribution in [0.1, 0.15) is 18.2 Å². The van der Waals surface area contributed by atoms with Crippen LogP contribution in [0.3, 0.4) is 0 Å². The van der Waals surface area contributed by atoms with Crippen molar-refractivity contribution in [2.75, 3.05) is 6.54 Å². The van der Waals surface area contributed by atoms with Crippen molar-refractivity contribution in [1.29, 1.82) is 0 Å². The van der Waals surface area contributed by atoms with E-state index in [0.29, 0.717) is 0 Å². The highest BCUT2D eigenvalue weighted by molar-refractivity contribution is 9.10. The van der Waals surface area contributed by atoms with Crippen LogP contribution < -0.4 is 10.1 Å². The standard InChI is InChI=1S/C14H18BrN3O/c1-4-16-9-13-10(2)17-18(3)14(13)19-12-7-5-11(15)6-8-12/h5-8,16H,4,9H2,1-3H3. The van der Waals surface area contributed by atoms with Gasteiger partial charge in [0.05, 0.1) is 11.3 Å². The fraction of sp³-hybridized carbons (Fsp3) is 0.357. The molecule has 1 heterocycles. The molecule has 19 heavy (non-hydrogen) atoms. The molecule has 5 heteroatoms. The molecule has 0 atom stereocenters. The smallest absolute Gasteiger partial charge is 0.222 e. The van der Waals surface area contributed by atoms with E-state index in [-0.39, 0.29) is 0 Å². The van der Waals surface area contributed by atoms with Gasteiger partial charge >= 0.3 is 0 Å². The summed E-state index contributed by atoms with van der Waals surface area (Å²) in [7, 11) is 1.90. The number of benzene rings is 1. The first kappa shape index (κ1) is 14.1. The van der Waals surface area contributed by atoms with Crippen molar-refractivity contribution in [1.82, 2.24) is 15.1 Å². The zero-order chi connectivity index (χ0) is 13.8. The Morgan fingerprint density at radius 1 is 1.32 bits per heavy atom. The second-order valence-electron chi connectivity index (χ2n) is 4.33. The SMILES string of the molecule is CCNCc1c(C)nn(C)c1Oc1ccc(Br)cc1. The van der Waals surface area contributed by atoms with Crippen LogP contribution in [0.15, 0.2) is 28.7 Å². The highest BCUT2D eigenvalue weighted by atomic mass is 79.9. The first-order valence-corrected chi connectivity index (χ1v) is 7.07. The van der Waals surface area contributed by atoms with E-state index in [1.165, 1.54) is 0 Å². The first-order valence-electron chi connectivity index (χ1n) is 6.28. The maximum Gasteiger partial charge on any atom is 0.222 e. The zero-order valence-corrected chi connectivity index (χ0v) is 13.0. The second kappa shape index (κ2) is 6.21. The van der Waals surface area contributed by atoms with E-state index in [2.05, 4.69) is 33.3 Å². The summed E-state index contributed by atoms with van der Waals surface area (Å²) in [6.45, 7) is 5.77. The van der Waals surface area contributed by atoms with Crippen molar-refractivity contribution in [3.8, 4) is 11.6 Å². The summed E-state index contributed by atoms with van der Waals surface area (Å²) in [6, 6.07) is 7.79. The Morgan fingerprint density at radius 2 is 2.00 bits per heavy atom. The van der Waals surface area contributed by atoms with Crippen LogP contribution in [0.5, 0.6) is 11.6 Å². The molecule has 102 valence electrons. The molecular formula is C14H18BrN3O. The van der Waals surface area contributed by atoms with Crippen LogP contribution in [0, 0.1) is 6.92 Å². The second-order valence-corrected chi connectivity index (χ2v) is 5.24. The van der Waals surface area contributed by atoms with Crippen LogP contribution in [0.25, 0.3) is 0 Å². The fourth-order valence-electron chi connectivity index (χ4n) is 1.88. The fourth-order valence-corrected chi connectivity index (χ4v) is 2.14. The molecule has 0 unspecified atom stereocenters. The topological polar surface area (TPSA) is 39.1 Å². The first-order chi connectivity index (χ1) is 9.11. The van der Waals surface area contributed by atoms with Crippen molar-refractivity contribution < 1.29 is 4.74 Å². The molecule has 0 saturated carbocycles. The van der Waals surface area contributed by atoms with Gasteiger partial charge in [0.2, 0.25) is 5.88 Å². The molecule has 0 amide bonds. The quantitative estimate of drug-likeness (QED) is 0.916. The van der Waals surface area contributed by atoms with E-state index >= 15 is 0 Å². The van der Waals surface area contributed by atoms with E-state index in [1.54, 1.807) is 4.68 Å². The number of nitrogens with one attached hydrogen (secondary N) is 1. The predicted molar refractivity (Wildman–Crippen MR) is 79.5 cm³/mol. The van der Waals surface area contributed by atoms with Gasteiger partial charge in [-0.25, -0.2) is 4.68 Å². The van der Waals surface area contributed by atoms with Gasteiger partial charge in [-0.1, -0.05) is 22.9 Å². The van der Waals surface area contributed by atoms with Gasteiger partial charge in [0.25, 0.3) is 0 Å². The molecule has 0 aliphatic heterocycles. The van der Waals surface area contributed by atoms with E-state index in [9.17, 15) is 0 Å². The Bertz CT molecular complexity index is 549. The van der Waals surface area contributed by atoms with Gasteiger partial charge < -0.3 is 10.1 Å². The van der Waals surface area contributed by atoms with Crippen LogP contribution in [0.2, 0.25) is 0 Å². The van der Waals surface area contributed by atoms with Crippen LogP contribution >= 0.6 is 15.9 Å². The average molecular weight is 324 g/mol. The van der Waals surface area contributed by atoms with E-state index in [4.69, 9.17) is 4.74 Å². The molecule has 2 aromatic rings. The summed E-state index contributed by atoms with van der Waals surface area (Å²) in [5, 5.41) is 7.73. The molecule has 0 aliphatic carbocycles. The largest absolute Gasteiger partial charge is 0.439 e. The van der Waals surface area contributed by atoms with Crippen LogP contribution in [-0.2, 0) is 13.6 Å². The highest BCUT2D eigenvalue weighted by Crippen LogP contribution is 2.27. The summed E-state index contributed by atoms with van der Waals surface area (Å²) in [5.41, 5.74) is 2.10. The van der Waals surface area contributed by atoms with Gasteiger partial charge in [-0.15, -0.1) is 0 Å². The monoisotopic (exact) mass is 323 g/mol. The summed E-state index contributed by atoms with van der Waals surface area (Å²) in [5.74, 6) is 1.60. The number of aromatic nitrogens is 2. The van der Waals surface area contributed by atoms with Crippen molar-refractivity contribution in [3.05, 3.63) is 40.0 Å². The molecule has 1 aromatic heterocycles. The molecule has 0 saturated heterocycles. The van der Waals surface area contributed by atoms with Gasteiger partial charge in [-0.2, -0.15) is 5.10 Å².